The number of aliphatic hydroxyl groups excluding tert-OH is 2. The minimum Gasteiger partial charge on any atom is -0.473 e. The van der Waals surface area contributed by atoms with Gasteiger partial charge in [0.2, 0.25) is 11.7 Å². The fourth-order valence-corrected chi connectivity index (χ4v) is 3.90. The summed E-state index contributed by atoms with van der Waals surface area (Å²) in [6.07, 6.45) is 3.26. The van der Waals surface area contributed by atoms with Crippen LogP contribution < -0.4 is 10.5 Å². The van der Waals surface area contributed by atoms with Gasteiger partial charge in [0.05, 0.1) is 36.6 Å². The summed E-state index contributed by atoms with van der Waals surface area (Å²) in [6.45, 7) is 5.30. The van der Waals surface area contributed by atoms with Gasteiger partial charge in [-0.2, -0.15) is 4.98 Å². The van der Waals surface area contributed by atoms with Crippen molar-refractivity contribution in [3.63, 3.8) is 0 Å². The van der Waals surface area contributed by atoms with Crippen molar-refractivity contribution >= 4 is 5.69 Å². The van der Waals surface area contributed by atoms with Crippen LogP contribution in [0, 0.1) is 0 Å². The van der Waals surface area contributed by atoms with Gasteiger partial charge in [0.1, 0.15) is 0 Å². The van der Waals surface area contributed by atoms with Crippen molar-refractivity contribution < 1.29 is 19.5 Å². The number of benzene rings is 1. The summed E-state index contributed by atoms with van der Waals surface area (Å²) in [5.74, 6) is 1.21. The van der Waals surface area contributed by atoms with Gasteiger partial charge in [-0.05, 0) is 49.9 Å². The predicted octanol–water partition coefficient (Wildman–Crippen LogP) is 1.92. The van der Waals surface area contributed by atoms with E-state index in [9.17, 15) is 10.2 Å². The Morgan fingerprint density at radius 2 is 1.84 bits per heavy atom. The van der Waals surface area contributed by atoms with Gasteiger partial charge in [-0.15, -0.1) is 0 Å². The van der Waals surface area contributed by atoms with Crippen molar-refractivity contribution in [3.05, 3.63) is 41.6 Å². The highest BCUT2D eigenvalue weighted by Gasteiger charge is 2.21. The van der Waals surface area contributed by atoms with E-state index in [1.165, 1.54) is 11.1 Å². The van der Waals surface area contributed by atoms with E-state index in [0.29, 0.717) is 28.8 Å². The molecule has 32 heavy (non-hydrogen) atoms. The Balaban J connectivity index is 1.53. The molecule has 1 aromatic carbocycles. The van der Waals surface area contributed by atoms with Crippen LogP contribution in [0.25, 0.3) is 22.8 Å². The Kier molecular flexibility index (Phi) is 6.69. The fraction of sp³-hybridized carbons (Fsp3) is 0.435. The third-order valence-electron chi connectivity index (χ3n) is 5.64. The van der Waals surface area contributed by atoms with Crippen LogP contribution in [0.3, 0.4) is 0 Å². The summed E-state index contributed by atoms with van der Waals surface area (Å²) < 4.78 is 11.0. The number of aliphatic hydroxyl groups is 2. The molecule has 0 atom stereocenters. The highest BCUT2D eigenvalue weighted by molar-refractivity contribution is 5.65. The third-order valence-corrected chi connectivity index (χ3v) is 5.64. The predicted molar refractivity (Wildman–Crippen MR) is 120 cm³/mol. The van der Waals surface area contributed by atoms with Gasteiger partial charge in [-0.3, -0.25) is 4.90 Å². The van der Waals surface area contributed by atoms with Gasteiger partial charge >= 0.3 is 0 Å². The maximum absolute atomic E-state index is 9.50. The number of anilines is 1. The molecular formula is C23H29N5O4. The van der Waals surface area contributed by atoms with Gasteiger partial charge in [0.25, 0.3) is 5.89 Å². The fourth-order valence-electron chi connectivity index (χ4n) is 3.90. The van der Waals surface area contributed by atoms with E-state index in [2.05, 4.69) is 32.2 Å². The van der Waals surface area contributed by atoms with Crippen LogP contribution in [0.1, 0.15) is 25.0 Å². The zero-order valence-electron chi connectivity index (χ0n) is 18.4. The summed E-state index contributed by atoms with van der Waals surface area (Å²) in [5, 5.41) is 23.1. The second-order valence-electron chi connectivity index (χ2n) is 8.25. The number of nitrogens with zero attached hydrogens (tertiary/aromatic N) is 4. The monoisotopic (exact) mass is 439 g/mol. The number of hydrogen-bond donors (Lipinski definition) is 3. The molecular weight excluding hydrogens is 410 g/mol. The van der Waals surface area contributed by atoms with Gasteiger partial charge in [0, 0.05) is 24.8 Å². The van der Waals surface area contributed by atoms with E-state index < -0.39 is 0 Å². The van der Waals surface area contributed by atoms with E-state index >= 15 is 0 Å². The standard InChI is InChI=1S/C23H29N5O4/c1-14(2)31-23-20(24)10-18(11-25-23)22-26-21(27-32-22)17-4-3-15-5-7-28(19(12-29)13-30)8-6-16(15)9-17/h3-4,9-11,14,19,29-30H,5-8,12-13,24H2,1-2H3. The molecule has 0 bridgehead atoms. The van der Waals surface area contributed by atoms with Crippen LogP contribution in [-0.2, 0) is 12.8 Å². The second-order valence-corrected chi connectivity index (χ2v) is 8.25. The van der Waals surface area contributed by atoms with Gasteiger partial charge < -0.3 is 25.2 Å². The zero-order chi connectivity index (χ0) is 22.7. The molecule has 0 spiro atoms. The van der Waals surface area contributed by atoms with E-state index in [1.54, 1.807) is 12.3 Å². The first kappa shape index (κ1) is 22.2. The minimum absolute atomic E-state index is 0.0240. The largest absolute Gasteiger partial charge is 0.473 e. The number of aromatic nitrogens is 3. The molecule has 4 N–H and O–H groups in total. The zero-order valence-corrected chi connectivity index (χ0v) is 18.4. The SMILES string of the molecule is CC(C)Oc1ncc(-c2nc(-c3ccc4c(c3)CCN(C(CO)CO)CC4)no2)cc1N. The van der Waals surface area contributed by atoms with Crippen LogP contribution >= 0.6 is 0 Å². The van der Waals surface area contributed by atoms with Crippen molar-refractivity contribution in [1.29, 1.82) is 0 Å². The van der Waals surface area contributed by atoms with E-state index in [-0.39, 0.29) is 25.4 Å². The lowest BCUT2D eigenvalue weighted by atomic mass is 10.00. The molecule has 0 saturated carbocycles. The lowest BCUT2D eigenvalue weighted by Crippen LogP contribution is -2.42. The molecule has 0 unspecified atom stereocenters. The van der Waals surface area contributed by atoms with Crippen molar-refractivity contribution in [1.82, 2.24) is 20.0 Å². The number of rotatable bonds is 7. The molecule has 1 aliphatic heterocycles. The van der Waals surface area contributed by atoms with E-state index in [4.69, 9.17) is 15.0 Å². The third kappa shape index (κ3) is 4.74. The van der Waals surface area contributed by atoms with Crippen molar-refractivity contribution in [3.8, 4) is 28.7 Å². The van der Waals surface area contributed by atoms with Gasteiger partial charge in [0.15, 0.2) is 0 Å². The molecule has 4 rings (SSSR count). The number of nitrogens with two attached hydrogens (primary N) is 1. The molecule has 9 nitrogen and oxygen atoms in total. The quantitative estimate of drug-likeness (QED) is 0.505. The molecule has 2 aromatic heterocycles. The average molecular weight is 440 g/mol. The molecule has 0 amide bonds. The van der Waals surface area contributed by atoms with Crippen molar-refractivity contribution in [2.24, 2.45) is 0 Å². The molecule has 1 aliphatic rings. The Labute approximate surface area is 186 Å². The minimum atomic E-state index is -0.220. The van der Waals surface area contributed by atoms with Crippen LogP contribution in [0.4, 0.5) is 5.69 Å². The van der Waals surface area contributed by atoms with Gasteiger partial charge in [-0.1, -0.05) is 17.3 Å². The first-order chi connectivity index (χ1) is 15.5. The summed E-state index contributed by atoms with van der Waals surface area (Å²) >= 11 is 0. The normalized spacial score (nSPS) is 14.6. The summed E-state index contributed by atoms with van der Waals surface area (Å²) in [6, 6.07) is 7.67. The van der Waals surface area contributed by atoms with Crippen LogP contribution in [0.2, 0.25) is 0 Å². The van der Waals surface area contributed by atoms with Crippen LogP contribution in [0.15, 0.2) is 35.0 Å². The Bertz CT molecular complexity index is 1060. The number of nitrogen functional groups attached to an aromatic ring is 1. The van der Waals surface area contributed by atoms with E-state index in [1.807, 2.05) is 19.9 Å². The summed E-state index contributed by atoms with van der Waals surface area (Å²) in [7, 11) is 0. The average Bonchev–Trinajstić information content (AvgIpc) is 3.18. The second kappa shape index (κ2) is 9.64. The molecule has 170 valence electrons. The first-order valence-electron chi connectivity index (χ1n) is 10.8. The highest BCUT2D eigenvalue weighted by atomic mass is 16.5. The molecule has 0 saturated heterocycles. The van der Waals surface area contributed by atoms with Gasteiger partial charge in [-0.25, -0.2) is 4.98 Å². The summed E-state index contributed by atoms with van der Waals surface area (Å²) in [5.41, 5.74) is 10.4. The number of fused-ring (bicyclic) bond motifs is 1. The Morgan fingerprint density at radius 3 is 2.53 bits per heavy atom. The van der Waals surface area contributed by atoms with Crippen LogP contribution in [0.5, 0.6) is 5.88 Å². The molecule has 9 heteroatoms. The lowest BCUT2D eigenvalue weighted by Gasteiger charge is -2.27. The number of pyridine rings is 1. The number of hydrogen-bond acceptors (Lipinski definition) is 9. The van der Waals surface area contributed by atoms with Crippen LogP contribution in [-0.4, -0.2) is 68.7 Å². The van der Waals surface area contributed by atoms with Crippen molar-refractivity contribution in [2.45, 2.75) is 38.8 Å². The summed E-state index contributed by atoms with van der Waals surface area (Å²) in [4.78, 5) is 10.9. The maximum Gasteiger partial charge on any atom is 0.259 e. The Hall–Kier alpha value is -3.01. The molecule has 3 aromatic rings. The molecule has 0 aliphatic carbocycles. The molecule has 3 heterocycles. The number of ether oxygens (including phenoxy) is 1. The smallest absolute Gasteiger partial charge is 0.259 e. The van der Waals surface area contributed by atoms with E-state index in [0.717, 1.165) is 31.5 Å². The first-order valence-corrected chi connectivity index (χ1v) is 10.8. The lowest BCUT2D eigenvalue weighted by molar-refractivity contribution is 0.0769. The maximum atomic E-state index is 9.50. The molecule has 0 radical (unpaired) electrons. The molecule has 0 fully saturated rings. The van der Waals surface area contributed by atoms with Crippen molar-refractivity contribution in [2.75, 3.05) is 32.0 Å². The highest BCUT2D eigenvalue weighted by Crippen LogP contribution is 2.29. The topological polar surface area (TPSA) is 131 Å². The Morgan fingerprint density at radius 1 is 1.09 bits per heavy atom.